The number of benzene rings is 2. The normalized spacial score (nSPS) is 15.1. The van der Waals surface area contributed by atoms with Crippen LogP contribution in [0.2, 0.25) is 5.28 Å². The Kier molecular flexibility index (Phi) is 10.3. The number of hydrogen-bond acceptors (Lipinski definition) is 7. The zero-order valence-corrected chi connectivity index (χ0v) is 23.1. The van der Waals surface area contributed by atoms with E-state index in [9.17, 15) is 28.4 Å². The molecule has 0 spiro atoms. The van der Waals surface area contributed by atoms with E-state index in [1.54, 1.807) is 0 Å². The van der Waals surface area contributed by atoms with Gasteiger partial charge in [-0.25, -0.2) is 0 Å². The van der Waals surface area contributed by atoms with E-state index in [1.807, 2.05) is 24.3 Å². The summed E-state index contributed by atoms with van der Waals surface area (Å²) in [7, 11) is 0. The highest BCUT2D eigenvalue weighted by Crippen LogP contribution is 2.31. The van der Waals surface area contributed by atoms with Crippen molar-refractivity contribution in [1.82, 2.24) is 9.55 Å². The number of nitrogens with zero attached hydrogens (tertiary/aromatic N) is 4. The minimum absolute atomic E-state index is 0.00449. The number of imidazole rings is 1. The zero-order chi connectivity index (χ0) is 29.4. The van der Waals surface area contributed by atoms with Gasteiger partial charge in [0.05, 0.1) is 18.3 Å². The SMILES string of the molecule is O=[N+]([O-])c1cn(CCC(O)COc2ccc(N3CCC(CCCOc4ccc(C(F)(F)F)cc4)CC3)cc2)c(Cl)n1. The lowest BCUT2D eigenvalue weighted by Gasteiger charge is -2.33. The molecule has 3 aromatic rings. The highest BCUT2D eigenvalue weighted by atomic mass is 35.5. The lowest BCUT2D eigenvalue weighted by molar-refractivity contribution is -0.389. The van der Waals surface area contributed by atoms with Crippen molar-refractivity contribution in [3.8, 4) is 11.5 Å². The number of anilines is 1. The summed E-state index contributed by atoms with van der Waals surface area (Å²) in [6.45, 7) is 2.67. The quantitative estimate of drug-likeness (QED) is 0.139. The Hall–Kier alpha value is -3.51. The van der Waals surface area contributed by atoms with E-state index < -0.39 is 22.8 Å². The van der Waals surface area contributed by atoms with Crippen LogP contribution in [-0.4, -0.2) is 52.0 Å². The third-order valence-corrected chi connectivity index (χ3v) is 7.37. The van der Waals surface area contributed by atoms with Gasteiger partial charge in [0.25, 0.3) is 0 Å². The predicted molar refractivity (Wildman–Crippen MR) is 148 cm³/mol. The molecule has 2 heterocycles. The van der Waals surface area contributed by atoms with Gasteiger partial charge in [-0.3, -0.25) is 4.57 Å². The van der Waals surface area contributed by atoms with Gasteiger partial charge in [-0.15, -0.1) is 0 Å². The first-order valence-electron chi connectivity index (χ1n) is 13.4. The fraction of sp³-hybridized carbons (Fsp3) is 0.464. The monoisotopic (exact) mass is 596 g/mol. The third-order valence-electron chi connectivity index (χ3n) is 7.07. The Labute approximate surface area is 240 Å². The Balaban J connectivity index is 1.11. The van der Waals surface area contributed by atoms with E-state index in [0.29, 0.717) is 30.4 Å². The molecule has 41 heavy (non-hydrogen) atoms. The summed E-state index contributed by atoms with van der Waals surface area (Å²) in [6.07, 6.45) is 0.351. The maximum Gasteiger partial charge on any atom is 0.416 e. The highest BCUT2D eigenvalue weighted by Gasteiger charge is 2.30. The summed E-state index contributed by atoms with van der Waals surface area (Å²) in [5.74, 6) is 1.32. The second kappa shape index (κ2) is 13.9. The van der Waals surface area contributed by atoms with Crippen molar-refractivity contribution < 1.29 is 32.7 Å². The Morgan fingerprint density at radius 2 is 1.71 bits per heavy atom. The van der Waals surface area contributed by atoms with Gasteiger partial charge in [0.2, 0.25) is 0 Å². The molecular weight excluding hydrogens is 565 g/mol. The minimum Gasteiger partial charge on any atom is -0.494 e. The number of aromatic nitrogens is 2. The molecule has 4 rings (SSSR count). The zero-order valence-electron chi connectivity index (χ0n) is 22.3. The maximum absolute atomic E-state index is 12.7. The van der Waals surface area contributed by atoms with E-state index >= 15 is 0 Å². The number of ether oxygens (including phenoxy) is 2. The number of aryl methyl sites for hydroxylation is 1. The van der Waals surface area contributed by atoms with E-state index in [2.05, 4.69) is 9.88 Å². The molecule has 1 N–H and O–H groups in total. The standard InChI is InChI=1S/C28H32ClF3N4O5/c29-27-33-26(36(38)39)18-35(27)16-13-23(37)19-41-25-9-5-22(6-10-25)34-14-11-20(12-15-34)2-1-17-40-24-7-3-21(4-8-24)28(30,31)32/h3-10,18,20,23,37H,1-2,11-17,19H2. The van der Waals surface area contributed by atoms with Crippen LogP contribution in [0.3, 0.4) is 0 Å². The van der Waals surface area contributed by atoms with Gasteiger partial charge in [-0.05, 0) is 108 Å². The van der Waals surface area contributed by atoms with Crippen molar-refractivity contribution in [3.63, 3.8) is 0 Å². The lowest BCUT2D eigenvalue weighted by Crippen LogP contribution is -2.33. The van der Waals surface area contributed by atoms with Crippen molar-refractivity contribution in [2.24, 2.45) is 5.92 Å². The van der Waals surface area contributed by atoms with Gasteiger partial charge in [0.15, 0.2) is 0 Å². The third kappa shape index (κ3) is 8.99. The van der Waals surface area contributed by atoms with Crippen molar-refractivity contribution in [2.75, 3.05) is 31.2 Å². The molecule has 0 saturated carbocycles. The van der Waals surface area contributed by atoms with Crippen molar-refractivity contribution in [2.45, 2.75) is 50.9 Å². The molecule has 13 heteroatoms. The molecule has 0 bridgehead atoms. The van der Waals surface area contributed by atoms with Crippen LogP contribution in [0.25, 0.3) is 0 Å². The fourth-order valence-corrected chi connectivity index (χ4v) is 4.94. The summed E-state index contributed by atoms with van der Waals surface area (Å²) >= 11 is 5.90. The second-order valence-corrected chi connectivity index (χ2v) is 10.3. The minimum atomic E-state index is -4.35. The van der Waals surface area contributed by atoms with Crippen molar-refractivity contribution >= 4 is 23.1 Å². The molecule has 2 aromatic carbocycles. The first kappa shape index (κ1) is 30.4. The van der Waals surface area contributed by atoms with Gasteiger partial charge >= 0.3 is 17.3 Å². The smallest absolute Gasteiger partial charge is 0.416 e. The number of rotatable bonds is 13. The van der Waals surface area contributed by atoms with Crippen LogP contribution in [0.15, 0.2) is 54.7 Å². The topological polar surface area (TPSA) is 103 Å². The molecule has 222 valence electrons. The summed E-state index contributed by atoms with van der Waals surface area (Å²) in [5, 5.41) is 21.0. The molecular formula is C28H32ClF3N4O5. The van der Waals surface area contributed by atoms with Gasteiger partial charge in [-0.1, -0.05) is 0 Å². The Bertz CT molecular complexity index is 1260. The van der Waals surface area contributed by atoms with Crippen molar-refractivity contribution in [1.29, 1.82) is 0 Å². The summed E-state index contributed by atoms with van der Waals surface area (Å²) in [5.41, 5.74) is 0.414. The molecule has 0 radical (unpaired) electrons. The first-order chi connectivity index (χ1) is 19.6. The number of halogens is 4. The van der Waals surface area contributed by atoms with Crippen LogP contribution in [0.4, 0.5) is 24.7 Å². The number of aliphatic hydroxyl groups excluding tert-OH is 1. The van der Waals surface area contributed by atoms with Crippen molar-refractivity contribution in [3.05, 3.63) is 75.7 Å². The predicted octanol–water partition coefficient (Wildman–Crippen LogP) is 6.37. The molecule has 1 aliphatic heterocycles. The fourth-order valence-electron chi connectivity index (χ4n) is 4.72. The summed E-state index contributed by atoms with van der Waals surface area (Å²) in [6, 6.07) is 12.5. The van der Waals surface area contributed by atoms with Crippen LogP contribution in [0.1, 0.15) is 37.7 Å². The van der Waals surface area contributed by atoms with Crippen LogP contribution in [0, 0.1) is 16.0 Å². The molecule has 1 aliphatic rings. The van der Waals surface area contributed by atoms with Crippen LogP contribution in [0.5, 0.6) is 11.5 Å². The summed E-state index contributed by atoms with van der Waals surface area (Å²) in [4.78, 5) is 16.1. The average molecular weight is 597 g/mol. The molecule has 1 fully saturated rings. The van der Waals surface area contributed by atoms with E-state index in [-0.39, 0.29) is 24.3 Å². The number of alkyl halides is 3. The van der Waals surface area contributed by atoms with E-state index in [4.69, 9.17) is 21.1 Å². The number of piperidine rings is 1. The number of hydrogen-bond donors (Lipinski definition) is 1. The lowest BCUT2D eigenvalue weighted by atomic mass is 9.92. The van der Waals surface area contributed by atoms with Gasteiger partial charge in [0.1, 0.15) is 24.3 Å². The molecule has 1 saturated heterocycles. The number of nitro groups is 1. The van der Waals surface area contributed by atoms with Crippen LogP contribution >= 0.6 is 11.6 Å². The maximum atomic E-state index is 12.7. The molecule has 0 amide bonds. The molecule has 9 nitrogen and oxygen atoms in total. The number of aliphatic hydroxyl groups is 1. The summed E-state index contributed by atoms with van der Waals surface area (Å²) < 4.78 is 50.7. The Morgan fingerprint density at radius 1 is 1.07 bits per heavy atom. The molecule has 1 unspecified atom stereocenters. The van der Waals surface area contributed by atoms with Gasteiger partial charge < -0.3 is 29.6 Å². The first-order valence-corrected chi connectivity index (χ1v) is 13.8. The van der Waals surface area contributed by atoms with E-state index in [1.165, 1.54) is 22.9 Å². The van der Waals surface area contributed by atoms with Crippen LogP contribution < -0.4 is 14.4 Å². The van der Waals surface area contributed by atoms with Gasteiger partial charge in [0, 0.05) is 25.3 Å². The Morgan fingerprint density at radius 3 is 2.32 bits per heavy atom. The second-order valence-electron chi connectivity index (χ2n) is 10.0. The molecule has 1 atom stereocenters. The van der Waals surface area contributed by atoms with Crippen LogP contribution in [-0.2, 0) is 12.7 Å². The largest absolute Gasteiger partial charge is 0.494 e. The van der Waals surface area contributed by atoms with E-state index in [0.717, 1.165) is 56.6 Å². The highest BCUT2D eigenvalue weighted by molar-refractivity contribution is 6.28. The molecule has 0 aliphatic carbocycles. The average Bonchev–Trinajstić information content (AvgIpc) is 3.34. The molecule has 1 aromatic heterocycles. The van der Waals surface area contributed by atoms with Gasteiger partial charge in [-0.2, -0.15) is 13.2 Å².